The van der Waals surface area contributed by atoms with Crippen LogP contribution in [0.1, 0.15) is 41.0 Å². The molecule has 112 valence electrons. The molecular weight excluding hydrogens is 312 g/mol. The first-order valence-corrected chi connectivity index (χ1v) is 9.02. The minimum absolute atomic E-state index is 0.150. The van der Waals surface area contributed by atoms with Gasteiger partial charge < -0.3 is 0 Å². The molecule has 2 N–H and O–H groups in total. The Balaban J connectivity index is 1.85. The summed E-state index contributed by atoms with van der Waals surface area (Å²) >= 11 is 1.15. The zero-order valence-electron chi connectivity index (χ0n) is 11.1. The molecule has 0 saturated heterocycles. The van der Waals surface area contributed by atoms with Crippen molar-refractivity contribution in [2.24, 2.45) is 0 Å². The third-order valence-corrected chi connectivity index (χ3v) is 5.40. The van der Waals surface area contributed by atoms with E-state index in [2.05, 4.69) is 15.2 Å². The lowest BCUT2D eigenvalue weighted by molar-refractivity contribution is 0.0975. The Hall–Kier alpha value is -1.74. The number of aromatic amines is 1. The van der Waals surface area contributed by atoms with Crippen LogP contribution in [0.25, 0.3) is 0 Å². The van der Waals surface area contributed by atoms with E-state index < -0.39 is 15.9 Å². The van der Waals surface area contributed by atoms with Crippen molar-refractivity contribution in [1.29, 1.82) is 0 Å². The van der Waals surface area contributed by atoms with Crippen LogP contribution in [0.5, 0.6) is 0 Å². The summed E-state index contributed by atoms with van der Waals surface area (Å²) in [6.45, 7) is 0. The molecule has 1 amide bonds. The van der Waals surface area contributed by atoms with Crippen LogP contribution in [0.3, 0.4) is 0 Å². The van der Waals surface area contributed by atoms with Gasteiger partial charge in [0.1, 0.15) is 0 Å². The van der Waals surface area contributed by atoms with E-state index in [1.807, 2.05) is 4.72 Å². The molecule has 21 heavy (non-hydrogen) atoms. The molecule has 2 aromatic heterocycles. The maximum absolute atomic E-state index is 12.2. The smallest absolute Gasteiger partial charge is 0.281 e. The highest BCUT2D eigenvalue weighted by atomic mass is 32.2. The van der Waals surface area contributed by atoms with Crippen molar-refractivity contribution in [2.75, 3.05) is 0 Å². The molecule has 2 aromatic rings. The fraction of sp³-hybridized carbons (Fsp3) is 0.417. The van der Waals surface area contributed by atoms with Crippen LogP contribution in [-0.2, 0) is 22.9 Å². The Morgan fingerprint density at radius 2 is 2.10 bits per heavy atom. The van der Waals surface area contributed by atoms with Crippen molar-refractivity contribution < 1.29 is 13.2 Å². The molecule has 9 heteroatoms. The fourth-order valence-corrected chi connectivity index (χ4v) is 4.19. The zero-order chi connectivity index (χ0) is 14.9. The third kappa shape index (κ3) is 2.84. The van der Waals surface area contributed by atoms with Crippen LogP contribution in [0.15, 0.2) is 15.9 Å². The van der Waals surface area contributed by atoms with E-state index in [-0.39, 0.29) is 10.7 Å². The number of carbonyl (C=O) groups excluding carboxylic acids is 1. The van der Waals surface area contributed by atoms with Crippen LogP contribution in [0, 0.1) is 0 Å². The number of nitrogens with one attached hydrogen (secondary N) is 2. The number of hydrogen-bond acceptors (Lipinski definition) is 6. The van der Waals surface area contributed by atoms with Gasteiger partial charge in [0, 0.05) is 16.6 Å². The highest BCUT2D eigenvalue weighted by molar-refractivity contribution is 7.90. The van der Waals surface area contributed by atoms with E-state index in [0.29, 0.717) is 0 Å². The van der Waals surface area contributed by atoms with Gasteiger partial charge in [-0.3, -0.25) is 9.89 Å². The van der Waals surface area contributed by atoms with E-state index in [1.165, 1.54) is 10.9 Å². The molecule has 0 bridgehead atoms. The molecule has 0 atom stereocenters. The predicted octanol–water partition coefficient (Wildman–Crippen LogP) is 1.25. The van der Waals surface area contributed by atoms with Crippen molar-refractivity contribution >= 4 is 27.3 Å². The minimum Gasteiger partial charge on any atom is -0.281 e. The summed E-state index contributed by atoms with van der Waals surface area (Å²) < 4.78 is 26.0. The first kappa shape index (κ1) is 14.2. The quantitative estimate of drug-likeness (QED) is 0.826. The van der Waals surface area contributed by atoms with E-state index in [9.17, 15) is 13.2 Å². The molecule has 0 fully saturated rings. The zero-order valence-corrected chi connectivity index (χ0v) is 12.8. The molecule has 0 saturated carbocycles. The average Bonchev–Trinajstić information content (AvgIpc) is 3.05. The summed E-state index contributed by atoms with van der Waals surface area (Å²) in [6, 6.07) is 0. The Bertz CT molecular complexity index is 750. The Morgan fingerprint density at radius 1 is 1.29 bits per heavy atom. The maximum atomic E-state index is 12.2. The number of H-pyrrole nitrogens is 1. The highest BCUT2D eigenvalue weighted by Gasteiger charge is 2.26. The molecular formula is C12H14N4O3S2. The lowest BCUT2D eigenvalue weighted by atomic mass is 10.1. The number of hydrogen-bond donors (Lipinski definition) is 2. The lowest BCUT2D eigenvalue weighted by Gasteiger charge is -2.04. The predicted molar refractivity (Wildman–Crippen MR) is 76.6 cm³/mol. The van der Waals surface area contributed by atoms with Gasteiger partial charge in [0.15, 0.2) is 10.7 Å². The van der Waals surface area contributed by atoms with Gasteiger partial charge in [-0.05, 0) is 25.7 Å². The summed E-state index contributed by atoms with van der Waals surface area (Å²) in [6.07, 6.45) is 4.71. The number of sulfonamides is 1. The number of thiazole rings is 1. The molecule has 1 aliphatic rings. The van der Waals surface area contributed by atoms with E-state index in [4.69, 9.17) is 0 Å². The van der Waals surface area contributed by atoms with Gasteiger partial charge in [0.05, 0.1) is 5.51 Å². The van der Waals surface area contributed by atoms with Crippen LogP contribution < -0.4 is 4.72 Å². The van der Waals surface area contributed by atoms with Crippen LogP contribution in [0.2, 0.25) is 0 Å². The second-order valence-corrected chi connectivity index (χ2v) is 7.20. The second-order valence-electron chi connectivity index (χ2n) is 4.85. The van der Waals surface area contributed by atoms with Crippen LogP contribution >= 0.6 is 11.3 Å². The summed E-state index contributed by atoms with van der Waals surface area (Å²) in [5.41, 5.74) is 3.34. The second kappa shape index (κ2) is 5.57. The number of aryl methyl sites for hydroxylation is 1. The lowest BCUT2D eigenvalue weighted by Crippen LogP contribution is -2.31. The van der Waals surface area contributed by atoms with E-state index >= 15 is 0 Å². The molecule has 0 aliphatic heterocycles. The molecule has 2 heterocycles. The number of rotatable bonds is 3. The molecule has 0 spiro atoms. The van der Waals surface area contributed by atoms with Crippen LogP contribution in [-0.4, -0.2) is 29.5 Å². The summed E-state index contributed by atoms with van der Waals surface area (Å²) in [4.78, 5) is 15.9. The normalized spacial score (nSPS) is 15.2. The van der Waals surface area contributed by atoms with Crippen LogP contribution in [0.4, 0.5) is 0 Å². The van der Waals surface area contributed by atoms with Gasteiger partial charge >= 0.3 is 0 Å². The SMILES string of the molecule is O=C(NS(=O)(=O)c1cscn1)c1n[nH]c2c1CCCCC2. The first-order chi connectivity index (χ1) is 10.1. The molecule has 1 aliphatic carbocycles. The Kier molecular flexibility index (Phi) is 3.77. The van der Waals surface area contributed by atoms with E-state index in [0.717, 1.165) is 54.7 Å². The van der Waals surface area contributed by atoms with Gasteiger partial charge in [-0.2, -0.15) is 13.5 Å². The molecule has 0 radical (unpaired) electrons. The molecule has 7 nitrogen and oxygen atoms in total. The van der Waals surface area contributed by atoms with Crippen molar-refractivity contribution in [3.05, 3.63) is 27.8 Å². The maximum Gasteiger partial charge on any atom is 0.285 e. The monoisotopic (exact) mass is 326 g/mol. The summed E-state index contributed by atoms with van der Waals surface area (Å²) in [5.74, 6) is -0.706. The summed E-state index contributed by atoms with van der Waals surface area (Å²) in [5, 5.41) is 8.06. The van der Waals surface area contributed by atoms with Crippen molar-refractivity contribution in [1.82, 2.24) is 19.9 Å². The number of nitrogens with zero attached hydrogens (tertiary/aromatic N) is 2. The first-order valence-electron chi connectivity index (χ1n) is 6.59. The van der Waals surface area contributed by atoms with Crippen molar-refractivity contribution in [3.63, 3.8) is 0 Å². The highest BCUT2D eigenvalue weighted by Crippen LogP contribution is 2.22. The van der Waals surface area contributed by atoms with Gasteiger partial charge in [-0.25, -0.2) is 9.71 Å². The largest absolute Gasteiger partial charge is 0.285 e. The summed E-state index contributed by atoms with van der Waals surface area (Å²) in [7, 11) is -3.93. The van der Waals surface area contributed by atoms with E-state index in [1.54, 1.807) is 0 Å². The van der Waals surface area contributed by atoms with Gasteiger partial charge in [-0.15, -0.1) is 11.3 Å². The molecule has 0 aromatic carbocycles. The number of carbonyl (C=O) groups is 1. The average molecular weight is 326 g/mol. The minimum atomic E-state index is -3.93. The van der Waals surface area contributed by atoms with Gasteiger partial charge in [0.25, 0.3) is 15.9 Å². The van der Waals surface area contributed by atoms with Crippen molar-refractivity contribution in [2.45, 2.75) is 37.1 Å². The fourth-order valence-electron chi connectivity index (χ4n) is 2.40. The third-order valence-electron chi connectivity index (χ3n) is 3.43. The Labute approximate surface area is 125 Å². The van der Waals surface area contributed by atoms with Gasteiger partial charge in [-0.1, -0.05) is 6.42 Å². The molecule has 0 unspecified atom stereocenters. The standard InChI is InChI=1S/C12H14N4O3S2/c17-12(16-21(18,19)10-6-20-7-13-10)11-8-4-2-1-3-5-9(8)14-15-11/h6-7H,1-5H2,(H,14,15)(H,16,17). The number of aromatic nitrogens is 3. The molecule has 3 rings (SSSR count). The Morgan fingerprint density at radius 3 is 2.86 bits per heavy atom. The number of amides is 1. The van der Waals surface area contributed by atoms with Crippen molar-refractivity contribution in [3.8, 4) is 0 Å². The topological polar surface area (TPSA) is 105 Å². The number of fused-ring (bicyclic) bond motifs is 1. The van der Waals surface area contributed by atoms with Gasteiger partial charge in [0.2, 0.25) is 0 Å².